The predicted molar refractivity (Wildman–Crippen MR) is 126 cm³/mol. The van der Waals surface area contributed by atoms with E-state index in [0.717, 1.165) is 30.8 Å². The second-order valence-corrected chi connectivity index (χ2v) is 9.73. The summed E-state index contributed by atoms with van der Waals surface area (Å²) < 4.78 is 2.44. The number of aryl methyl sites for hydroxylation is 1. The zero-order chi connectivity index (χ0) is 20.1. The Labute approximate surface area is 180 Å². The van der Waals surface area contributed by atoms with Crippen molar-refractivity contribution in [2.75, 3.05) is 32.7 Å². The highest BCUT2D eigenvalue weighted by Gasteiger charge is 2.36. The van der Waals surface area contributed by atoms with Gasteiger partial charge in [0.1, 0.15) is 0 Å². The highest BCUT2D eigenvalue weighted by atomic mass is 15.3. The van der Waals surface area contributed by atoms with Gasteiger partial charge in [-0.1, -0.05) is 36.4 Å². The molecule has 0 radical (unpaired) electrons. The molecule has 3 nitrogen and oxygen atoms in total. The molecule has 3 aliphatic rings. The van der Waals surface area contributed by atoms with E-state index in [1.54, 1.807) is 0 Å². The van der Waals surface area contributed by atoms with Gasteiger partial charge in [-0.15, -0.1) is 0 Å². The Hall–Kier alpha value is -2.10. The summed E-state index contributed by atoms with van der Waals surface area (Å²) in [5, 5.41) is 2.80. The summed E-state index contributed by atoms with van der Waals surface area (Å²) in [7, 11) is 0. The van der Waals surface area contributed by atoms with Crippen LogP contribution in [-0.4, -0.2) is 47.1 Å². The summed E-state index contributed by atoms with van der Waals surface area (Å²) in [6.45, 7) is 10.5. The Kier molecular flexibility index (Phi) is 4.69. The van der Waals surface area contributed by atoms with E-state index in [2.05, 4.69) is 75.9 Å². The summed E-state index contributed by atoms with van der Waals surface area (Å²) in [4.78, 5) is 5.38. The maximum Gasteiger partial charge on any atom is 0.0491 e. The molecule has 1 aromatic heterocycles. The van der Waals surface area contributed by atoms with Gasteiger partial charge < -0.3 is 9.47 Å². The first-order valence-electron chi connectivity index (χ1n) is 11.9. The van der Waals surface area contributed by atoms with Gasteiger partial charge in [-0.25, -0.2) is 0 Å². The number of piperazine rings is 1. The van der Waals surface area contributed by atoms with Crippen LogP contribution in [0.25, 0.3) is 21.8 Å². The first kappa shape index (κ1) is 18.7. The third kappa shape index (κ3) is 3.19. The topological polar surface area (TPSA) is 11.4 Å². The van der Waals surface area contributed by atoms with Crippen molar-refractivity contribution in [3.63, 3.8) is 0 Å². The van der Waals surface area contributed by atoms with Gasteiger partial charge in [-0.3, -0.25) is 4.90 Å². The Balaban J connectivity index is 1.13. The number of aromatic nitrogens is 1. The summed E-state index contributed by atoms with van der Waals surface area (Å²) in [5.74, 6) is 2.70. The van der Waals surface area contributed by atoms with Gasteiger partial charge >= 0.3 is 0 Å². The van der Waals surface area contributed by atoms with Crippen molar-refractivity contribution in [1.82, 2.24) is 14.4 Å². The van der Waals surface area contributed by atoms with E-state index in [1.165, 1.54) is 72.9 Å². The number of hydrogen-bond donors (Lipinski definition) is 0. The zero-order valence-electron chi connectivity index (χ0n) is 18.1. The minimum atomic E-state index is 0.880. The molecule has 2 fully saturated rings. The van der Waals surface area contributed by atoms with Crippen LogP contribution in [-0.2, 0) is 13.1 Å². The number of fused-ring (bicyclic) bond motifs is 5. The van der Waals surface area contributed by atoms with Crippen molar-refractivity contribution in [3.05, 3.63) is 60.2 Å². The van der Waals surface area contributed by atoms with Gasteiger partial charge in [0.15, 0.2) is 0 Å². The molecule has 2 aromatic carbocycles. The quantitative estimate of drug-likeness (QED) is 0.550. The number of para-hydroxylation sites is 1. The molecule has 3 aromatic rings. The van der Waals surface area contributed by atoms with Crippen LogP contribution < -0.4 is 0 Å². The van der Waals surface area contributed by atoms with E-state index in [0.29, 0.717) is 0 Å². The van der Waals surface area contributed by atoms with E-state index in [4.69, 9.17) is 0 Å². The molecule has 1 aliphatic heterocycles. The number of rotatable bonds is 5. The Morgan fingerprint density at radius 1 is 0.833 bits per heavy atom. The normalized spacial score (nSPS) is 27.0. The molecule has 156 valence electrons. The summed E-state index contributed by atoms with van der Waals surface area (Å²) in [6.07, 6.45) is 7.84. The van der Waals surface area contributed by atoms with Gasteiger partial charge in [0.25, 0.3) is 0 Å². The van der Waals surface area contributed by atoms with Crippen LogP contribution in [0.15, 0.2) is 54.6 Å². The Morgan fingerprint density at radius 3 is 2.40 bits per heavy atom. The van der Waals surface area contributed by atoms with Crippen molar-refractivity contribution in [2.45, 2.75) is 32.9 Å². The van der Waals surface area contributed by atoms with Crippen LogP contribution in [0.3, 0.4) is 0 Å². The smallest absolute Gasteiger partial charge is 0.0491 e. The highest BCUT2D eigenvalue weighted by molar-refractivity contribution is 6.08. The van der Waals surface area contributed by atoms with Gasteiger partial charge in [0.2, 0.25) is 0 Å². The van der Waals surface area contributed by atoms with Gasteiger partial charge in [-0.2, -0.15) is 0 Å². The third-order valence-corrected chi connectivity index (χ3v) is 7.93. The molecule has 0 N–H and O–H groups in total. The molecule has 3 atom stereocenters. The van der Waals surface area contributed by atoms with Crippen LogP contribution in [0.4, 0.5) is 0 Å². The molecule has 6 rings (SSSR count). The molecule has 2 bridgehead atoms. The maximum atomic E-state index is 2.73. The lowest BCUT2D eigenvalue weighted by atomic mass is 9.93. The summed E-state index contributed by atoms with van der Waals surface area (Å²) >= 11 is 0. The second-order valence-electron chi connectivity index (χ2n) is 9.73. The minimum Gasteiger partial charge on any atom is -0.341 e. The van der Waals surface area contributed by atoms with E-state index in [9.17, 15) is 0 Å². The van der Waals surface area contributed by atoms with Crippen LogP contribution in [0.1, 0.15) is 25.3 Å². The van der Waals surface area contributed by atoms with E-state index >= 15 is 0 Å². The van der Waals surface area contributed by atoms with E-state index < -0.39 is 0 Å². The van der Waals surface area contributed by atoms with Crippen molar-refractivity contribution in [3.8, 4) is 0 Å². The number of hydrogen-bond acceptors (Lipinski definition) is 2. The second kappa shape index (κ2) is 7.55. The predicted octanol–water partition coefficient (Wildman–Crippen LogP) is 5.14. The molecule has 0 unspecified atom stereocenters. The number of allylic oxidation sites excluding steroid dienone is 2. The molecule has 1 saturated heterocycles. The third-order valence-electron chi connectivity index (χ3n) is 7.93. The molecule has 1 saturated carbocycles. The lowest BCUT2D eigenvalue weighted by Crippen LogP contribution is -2.47. The number of nitrogens with zero attached hydrogens (tertiary/aromatic N) is 3. The number of benzene rings is 2. The molecule has 2 heterocycles. The van der Waals surface area contributed by atoms with E-state index in [1.807, 2.05) is 0 Å². The summed E-state index contributed by atoms with van der Waals surface area (Å²) in [5.41, 5.74) is 4.18. The average Bonchev–Trinajstić information content (AvgIpc) is 3.48. The molecule has 0 spiro atoms. The van der Waals surface area contributed by atoms with Crippen molar-refractivity contribution >= 4 is 21.8 Å². The van der Waals surface area contributed by atoms with Gasteiger partial charge in [0, 0.05) is 67.6 Å². The first-order chi connectivity index (χ1) is 14.8. The maximum absolute atomic E-state index is 2.73. The Morgan fingerprint density at radius 2 is 1.63 bits per heavy atom. The van der Waals surface area contributed by atoms with Crippen molar-refractivity contribution in [1.29, 1.82) is 0 Å². The minimum absolute atomic E-state index is 0.880. The van der Waals surface area contributed by atoms with Crippen LogP contribution >= 0.6 is 0 Å². The fourth-order valence-electron chi connectivity index (χ4n) is 6.36. The van der Waals surface area contributed by atoms with Crippen molar-refractivity contribution < 1.29 is 0 Å². The van der Waals surface area contributed by atoms with Crippen LogP contribution in [0, 0.1) is 17.8 Å². The summed E-state index contributed by atoms with van der Waals surface area (Å²) in [6, 6.07) is 16.0. The molecular weight excluding hydrogens is 366 g/mol. The monoisotopic (exact) mass is 399 g/mol. The molecule has 0 amide bonds. The largest absolute Gasteiger partial charge is 0.341 e. The van der Waals surface area contributed by atoms with Crippen molar-refractivity contribution in [2.24, 2.45) is 17.8 Å². The fourth-order valence-corrected chi connectivity index (χ4v) is 6.36. The highest BCUT2D eigenvalue weighted by Crippen LogP contribution is 2.43. The van der Waals surface area contributed by atoms with Gasteiger partial charge in [-0.05, 0) is 61.3 Å². The van der Waals surface area contributed by atoms with Crippen LogP contribution in [0.2, 0.25) is 0 Å². The first-order valence-corrected chi connectivity index (χ1v) is 11.9. The average molecular weight is 400 g/mol. The molecule has 30 heavy (non-hydrogen) atoms. The molecule has 3 heteroatoms. The fraction of sp³-hybridized carbons (Fsp3) is 0.481. The zero-order valence-corrected chi connectivity index (χ0v) is 18.1. The van der Waals surface area contributed by atoms with E-state index in [-0.39, 0.29) is 0 Å². The molecular formula is C27H33N3. The van der Waals surface area contributed by atoms with Gasteiger partial charge in [0.05, 0.1) is 0 Å². The Bertz CT molecular complexity index is 1090. The molecule has 2 aliphatic carbocycles. The SMILES string of the molecule is CCn1c2ccccc2c2cc(CN3CCN(C[C@@H]4C[C@H]5C=C[C@@H]4C5)CC3)ccc21. The van der Waals surface area contributed by atoms with Crippen LogP contribution in [0.5, 0.6) is 0 Å². The lowest BCUT2D eigenvalue weighted by molar-refractivity contribution is 0.108. The lowest BCUT2D eigenvalue weighted by Gasteiger charge is -2.37. The standard InChI is InChI=1S/C27H33N3/c1-2-30-26-6-4-3-5-24(26)25-17-21(8-10-27(25)30)18-28-11-13-29(14-12-28)19-23-16-20-7-9-22(23)15-20/h3-10,17,20,22-23H,2,11-16,18-19H2,1H3/t20-,22+,23-/m0/s1.